The van der Waals surface area contributed by atoms with Crippen LogP contribution in [-0.4, -0.2) is 53.3 Å². The zero-order chi connectivity index (χ0) is 19.4. The third-order valence-corrected chi connectivity index (χ3v) is 4.85. The minimum absolute atomic E-state index is 0.133. The molecule has 1 aliphatic carbocycles. The normalized spacial score (nSPS) is 19.3. The number of carbonyl (C=O) groups excluding carboxylic acids is 3. The highest BCUT2D eigenvalue weighted by Crippen LogP contribution is 2.32. The second-order valence-corrected chi connectivity index (χ2v) is 7.04. The van der Waals surface area contributed by atoms with Gasteiger partial charge >= 0.3 is 5.97 Å². The largest absolute Gasteiger partial charge is 0.480 e. The quantitative estimate of drug-likeness (QED) is 0.690. The van der Waals surface area contributed by atoms with E-state index < -0.39 is 18.4 Å². The van der Waals surface area contributed by atoms with Crippen LogP contribution in [0.3, 0.4) is 0 Å². The topological polar surface area (TPSA) is 116 Å². The molecular formula is C19H23N3O5. The number of nitrogens with zero attached hydrogens (tertiary/aromatic N) is 1. The maximum Gasteiger partial charge on any atom is 0.322 e. The Hall–Kier alpha value is -2.90. The van der Waals surface area contributed by atoms with Gasteiger partial charge in [-0.1, -0.05) is 0 Å². The van der Waals surface area contributed by atoms with E-state index in [-0.39, 0.29) is 23.7 Å². The smallest absolute Gasteiger partial charge is 0.322 e. The number of amides is 3. The second-order valence-electron chi connectivity index (χ2n) is 7.04. The lowest BCUT2D eigenvalue weighted by molar-refractivity contribution is -0.136. The molecule has 0 spiro atoms. The highest BCUT2D eigenvalue weighted by Gasteiger charge is 2.36. The molecule has 1 saturated carbocycles. The van der Waals surface area contributed by atoms with Gasteiger partial charge in [0.15, 0.2) is 0 Å². The first-order valence-electron chi connectivity index (χ1n) is 9.13. The maximum atomic E-state index is 12.5. The van der Waals surface area contributed by atoms with Crippen LogP contribution in [-0.2, 0) is 14.4 Å². The molecule has 1 aromatic rings. The van der Waals surface area contributed by atoms with Gasteiger partial charge in [0, 0.05) is 30.3 Å². The van der Waals surface area contributed by atoms with Crippen molar-refractivity contribution < 1.29 is 24.3 Å². The number of carboxylic acids is 1. The molecule has 8 nitrogen and oxygen atoms in total. The van der Waals surface area contributed by atoms with E-state index >= 15 is 0 Å². The summed E-state index contributed by atoms with van der Waals surface area (Å²) >= 11 is 0. The van der Waals surface area contributed by atoms with Gasteiger partial charge in [-0.15, -0.1) is 0 Å². The molecular weight excluding hydrogens is 350 g/mol. The maximum absolute atomic E-state index is 12.5. The number of hydrogen-bond donors (Lipinski definition) is 3. The average molecular weight is 373 g/mol. The van der Waals surface area contributed by atoms with Crippen molar-refractivity contribution in [2.45, 2.75) is 25.7 Å². The number of aliphatic carboxylic acids is 1. The summed E-state index contributed by atoms with van der Waals surface area (Å²) in [5, 5.41) is 13.7. The van der Waals surface area contributed by atoms with Gasteiger partial charge in [-0.3, -0.25) is 19.2 Å². The lowest BCUT2D eigenvalue weighted by Gasteiger charge is -2.32. The Morgan fingerprint density at radius 1 is 1.04 bits per heavy atom. The van der Waals surface area contributed by atoms with E-state index in [4.69, 9.17) is 5.11 Å². The second kappa shape index (κ2) is 8.20. The number of carbonyl (C=O) groups is 4. The van der Waals surface area contributed by atoms with Gasteiger partial charge in [0.2, 0.25) is 11.8 Å². The van der Waals surface area contributed by atoms with Crippen LogP contribution in [0.5, 0.6) is 0 Å². The van der Waals surface area contributed by atoms with E-state index in [1.807, 2.05) is 0 Å². The van der Waals surface area contributed by atoms with E-state index in [1.54, 1.807) is 17.0 Å². The number of carboxylic acid groups (broad SMARTS) is 1. The molecule has 0 bridgehead atoms. The molecule has 144 valence electrons. The fourth-order valence-corrected chi connectivity index (χ4v) is 3.19. The predicted octanol–water partition coefficient (Wildman–Crippen LogP) is 1.09. The minimum Gasteiger partial charge on any atom is -0.480 e. The van der Waals surface area contributed by atoms with Crippen molar-refractivity contribution in [2.24, 2.45) is 11.8 Å². The van der Waals surface area contributed by atoms with Gasteiger partial charge in [-0.05, 0) is 49.9 Å². The fourth-order valence-electron chi connectivity index (χ4n) is 3.19. The van der Waals surface area contributed by atoms with Crippen LogP contribution in [0, 0.1) is 11.8 Å². The minimum atomic E-state index is -1.12. The lowest BCUT2D eigenvalue weighted by atomic mass is 9.96. The van der Waals surface area contributed by atoms with Crippen molar-refractivity contribution in [1.82, 2.24) is 10.2 Å². The van der Waals surface area contributed by atoms with E-state index in [0.29, 0.717) is 17.8 Å². The Morgan fingerprint density at radius 3 is 2.37 bits per heavy atom. The highest BCUT2D eigenvalue weighted by atomic mass is 16.4. The number of hydrogen-bond acceptors (Lipinski definition) is 4. The molecule has 27 heavy (non-hydrogen) atoms. The summed E-state index contributed by atoms with van der Waals surface area (Å²) in [4.78, 5) is 48.8. The first-order chi connectivity index (χ1) is 12.9. The monoisotopic (exact) mass is 373 g/mol. The van der Waals surface area contributed by atoms with E-state index in [0.717, 1.165) is 32.2 Å². The van der Waals surface area contributed by atoms with E-state index in [9.17, 15) is 19.2 Å². The number of anilines is 1. The molecule has 2 aliphatic rings. The third kappa shape index (κ3) is 5.06. The molecule has 8 heteroatoms. The SMILES string of the molecule is O=C(O)CNC(=O)c1ccc(NC(=O)C2CCCN(C(=O)C3CC3)C2)cc1. The van der Waals surface area contributed by atoms with Gasteiger partial charge in [-0.25, -0.2) is 0 Å². The van der Waals surface area contributed by atoms with Crippen LogP contribution in [0.15, 0.2) is 24.3 Å². The highest BCUT2D eigenvalue weighted by molar-refractivity contribution is 5.97. The number of likely N-dealkylation sites (tertiary alicyclic amines) is 1. The van der Waals surface area contributed by atoms with Gasteiger partial charge in [-0.2, -0.15) is 0 Å². The van der Waals surface area contributed by atoms with Crippen molar-refractivity contribution in [2.75, 3.05) is 25.0 Å². The van der Waals surface area contributed by atoms with E-state index in [2.05, 4.69) is 10.6 Å². The lowest BCUT2D eigenvalue weighted by Crippen LogP contribution is -2.44. The Kier molecular flexibility index (Phi) is 5.73. The van der Waals surface area contributed by atoms with Gasteiger partial charge < -0.3 is 20.6 Å². The molecule has 3 N–H and O–H groups in total. The molecule has 3 amide bonds. The molecule has 1 aromatic carbocycles. The molecule has 2 fully saturated rings. The molecule has 1 aliphatic heterocycles. The molecule has 0 aromatic heterocycles. The van der Waals surface area contributed by atoms with Crippen molar-refractivity contribution in [3.63, 3.8) is 0 Å². The number of rotatable bonds is 6. The van der Waals surface area contributed by atoms with Crippen molar-refractivity contribution in [1.29, 1.82) is 0 Å². The molecule has 1 atom stereocenters. The first kappa shape index (κ1) is 18.9. The third-order valence-electron chi connectivity index (χ3n) is 4.85. The van der Waals surface area contributed by atoms with Crippen LogP contribution in [0.4, 0.5) is 5.69 Å². The standard InChI is InChI=1S/C19H23N3O5/c23-16(24)10-20-17(25)12-5-7-15(8-6-12)21-18(26)14-2-1-9-22(11-14)19(27)13-3-4-13/h5-8,13-14H,1-4,9-11H2,(H,20,25)(H,21,26)(H,23,24). The Bertz CT molecular complexity index is 742. The molecule has 0 radical (unpaired) electrons. The summed E-state index contributed by atoms with van der Waals surface area (Å²) in [5.41, 5.74) is 0.869. The number of benzene rings is 1. The van der Waals surface area contributed by atoms with Crippen molar-refractivity contribution in [3.05, 3.63) is 29.8 Å². The van der Waals surface area contributed by atoms with Crippen LogP contribution in [0.2, 0.25) is 0 Å². The molecule has 1 unspecified atom stereocenters. The summed E-state index contributed by atoms with van der Waals surface area (Å²) in [6.45, 7) is 0.727. The van der Waals surface area contributed by atoms with Crippen molar-refractivity contribution >= 4 is 29.4 Å². The Morgan fingerprint density at radius 2 is 1.74 bits per heavy atom. The molecule has 3 rings (SSSR count). The predicted molar refractivity (Wildman–Crippen MR) is 97.1 cm³/mol. The van der Waals surface area contributed by atoms with Gasteiger partial charge in [0.05, 0.1) is 5.92 Å². The van der Waals surface area contributed by atoms with E-state index in [1.165, 1.54) is 12.1 Å². The van der Waals surface area contributed by atoms with Crippen LogP contribution < -0.4 is 10.6 Å². The van der Waals surface area contributed by atoms with Crippen LogP contribution in [0.25, 0.3) is 0 Å². The average Bonchev–Trinajstić information content (AvgIpc) is 3.51. The summed E-state index contributed by atoms with van der Waals surface area (Å²) in [7, 11) is 0. The Labute approximate surface area is 156 Å². The molecule has 1 saturated heterocycles. The van der Waals surface area contributed by atoms with Crippen LogP contribution in [0.1, 0.15) is 36.0 Å². The first-order valence-corrected chi connectivity index (χ1v) is 9.13. The zero-order valence-corrected chi connectivity index (χ0v) is 14.9. The van der Waals surface area contributed by atoms with Gasteiger partial charge in [0.25, 0.3) is 5.91 Å². The van der Waals surface area contributed by atoms with Gasteiger partial charge in [0.1, 0.15) is 6.54 Å². The summed E-state index contributed by atoms with van der Waals surface area (Å²) in [5.74, 6) is -1.65. The van der Waals surface area contributed by atoms with Crippen molar-refractivity contribution in [3.8, 4) is 0 Å². The number of nitrogens with one attached hydrogen (secondary N) is 2. The zero-order valence-electron chi connectivity index (χ0n) is 14.9. The summed E-state index contributed by atoms with van der Waals surface area (Å²) in [6, 6.07) is 6.25. The van der Waals surface area contributed by atoms with Crippen LogP contribution >= 0.6 is 0 Å². The summed E-state index contributed by atoms with van der Waals surface area (Å²) < 4.78 is 0. The summed E-state index contributed by atoms with van der Waals surface area (Å²) in [6.07, 6.45) is 3.48. The number of piperidine rings is 1. The molecule has 1 heterocycles. The Balaban J connectivity index is 1.53. The fraction of sp³-hybridized carbons (Fsp3) is 0.474.